The summed E-state index contributed by atoms with van der Waals surface area (Å²) in [5.74, 6) is -2.32. The lowest BCUT2D eigenvalue weighted by Gasteiger charge is -2.35. The SMILES string of the molecule is O=C1c2cccc3cccc(c23)C(=O)N1CCN(C(=O)C1CCN(S(=O)(=O)c2ccc(Cl)cc2)CC1)c1cccc(F)c1. The zero-order valence-electron chi connectivity index (χ0n) is 22.9. The molecule has 4 aromatic rings. The third-order valence-corrected chi connectivity index (χ3v) is 10.2. The highest BCUT2D eigenvalue weighted by Gasteiger charge is 2.36. The number of hydrogen-bond donors (Lipinski definition) is 0. The number of amides is 3. The molecule has 0 spiro atoms. The predicted molar refractivity (Wildman–Crippen MR) is 161 cm³/mol. The number of imide groups is 1. The summed E-state index contributed by atoms with van der Waals surface area (Å²) in [7, 11) is -3.77. The van der Waals surface area contributed by atoms with E-state index in [2.05, 4.69) is 0 Å². The molecule has 43 heavy (non-hydrogen) atoms. The van der Waals surface area contributed by atoms with Gasteiger partial charge in [-0.2, -0.15) is 4.31 Å². The highest BCUT2D eigenvalue weighted by atomic mass is 35.5. The van der Waals surface area contributed by atoms with Gasteiger partial charge < -0.3 is 4.90 Å². The minimum absolute atomic E-state index is 0.0544. The molecule has 0 bridgehead atoms. The molecule has 0 aliphatic carbocycles. The highest BCUT2D eigenvalue weighted by molar-refractivity contribution is 7.89. The number of nitrogens with zero attached hydrogens (tertiary/aromatic N) is 3. The van der Waals surface area contributed by atoms with Gasteiger partial charge in [0.1, 0.15) is 5.82 Å². The van der Waals surface area contributed by atoms with Gasteiger partial charge in [0, 0.05) is 59.3 Å². The second kappa shape index (κ2) is 11.5. The van der Waals surface area contributed by atoms with Crippen LogP contribution in [-0.4, -0.2) is 61.5 Å². The van der Waals surface area contributed by atoms with Gasteiger partial charge in [0.05, 0.1) is 4.90 Å². The van der Waals surface area contributed by atoms with E-state index in [-0.39, 0.29) is 49.8 Å². The fourth-order valence-electron chi connectivity index (χ4n) is 5.81. The van der Waals surface area contributed by atoms with Crippen molar-refractivity contribution in [2.45, 2.75) is 17.7 Å². The molecule has 8 nitrogen and oxygen atoms in total. The Morgan fingerprint density at radius 3 is 2.09 bits per heavy atom. The van der Waals surface area contributed by atoms with Crippen LogP contribution in [0, 0.1) is 11.7 Å². The zero-order chi connectivity index (χ0) is 30.3. The lowest BCUT2D eigenvalue weighted by molar-refractivity contribution is -0.123. The quantitative estimate of drug-likeness (QED) is 0.260. The fourth-order valence-corrected chi connectivity index (χ4v) is 7.41. The van der Waals surface area contributed by atoms with Crippen molar-refractivity contribution in [3.05, 3.63) is 107 Å². The average molecular weight is 620 g/mol. The number of benzene rings is 4. The minimum Gasteiger partial charge on any atom is -0.310 e. The van der Waals surface area contributed by atoms with E-state index < -0.39 is 33.6 Å². The van der Waals surface area contributed by atoms with Crippen LogP contribution in [0.3, 0.4) is 0 Å². The third-order valence-electron chi connectivity index (χ3n) is 8.04. The molecule has 11 heteroatoms. The second-order valence-electron chi connectivity index (χ2n) is 10.6. The molecule has 2 heterocycles. The van der Waals surface area contributed by atoms with Crippen molar-refractivity contribution in [2.24, 2.45) is 5.92 Å². The molecule has 2 aliphatic rings. The van der Waals surface area contributed by atoms with Gasteiger partial charge in [-0.15, -0.1) is 0 Å². The van der Waals surface area contributed by atoms with E-state index in [1.54, 1.807) is 30.3 Å². The topological polar surface area (TPSA) is 95.1 Å². The van der Waals surface area contributed by atoms with E-state index in [0.717, 1.165) is 10.3 Å². The van der Waals surface area contributed by atoms with E-state index in [9.17, 15) is 27.2 Å². The Kier molecular flexibility index (Phi) is 7.76. The van der Waals surface area contributed by atoms with Crippen LogP contribution in [0.2, 0.25) is 5.02 Å². The van der Waals surface area contributed by atoms with Gasteiger partial charge in [-0.05, 0) is 72.8 Å². The first-order valence-corrected chi connectivity index (χ1v) is 15.7. The average Bonchev–Trinajstić information content (AvgIpc) is 3.01. The number of halogens is 2. The summed E-state index contributed by atoms with van der Waals surface area (Å²) in [4.78, 5) is 43.4. The maximum absolute atomic E-state index is 14.3. The van der Waals surface area contributed by atoms with Crippen LogP contribution >= 0.6 is 11.6 Å². The standard InChI is InChI=1S/C32H27ClFN3O5S/c33-23-10-12-26(13-11-23)43(41,42)35-16-14-22(15-17-35)30(38)36(25-7-3-6-24(34)20-25)18-19-37-31(39)27-8-1-4-21-5-2-9-28(29(21)27)32(37)40/h1-13,20,22H,14-19H2. The summed E-state index contributed by atoms with van der Waals surface area (Å²) in [6, 6.07) is 22.0. The number of sulfonamides is 1. The minimum atomic E-state index is -3.77. The molecular weight excluding hydrogens is 593 g/mol. The van der Waals surface area contributed by atoms with Gasteiger partial charge in [-0.3, -0.25) is 19.3 Å². The maximum atomic E-state index is 14.3. The molecule has 0 N–H and O–H groups in total. The first-order chi connectivity index (χ1) is 20.6. The lowest BCUT2D eigenvalue weighted by atomic mass is 9.94. The Hall–Kier alpha value is -4.12. The van der Waals surface area contributed by atoms with Gasteiger partial charge in [0.2, 0.25) is 15.9 Å². The fraction of sp³-hybridized carbons (Fsp3) is 0.219. The van der Waals surface area contributed by atoms with Crippen molar-refractivity contribution in [1.82, 2.24) is 9.21 Å². The van der Waals surface area contributed by atoms with E-state index in [4.69, 9.17) is 11.6 Å². The number of carbonyl (C=O) groups excluding carboxylic acids is 3. The van der Waals surface area contributed by atoms with E-state index >= 15 is 0 Å². The zero-order valence-corrected chi connectivity index (χ0v) is 24.5. The first-order valence-electron chi connectivity index (χ1n) is 13.9. The molecular formula is C32H27ClFN3O5S. The summed E-state index contributed by atoms with van der Waals surface area (Å²) >= 11 is 5.91. The molecule has 0 unspecified atom stereocenters. The Balaban J connectivity index is 1.21. The van der Waals surface area contributed by atoms with E-state index in [1.807, 2.05) is 12.1 Å². The van der Waals surface area contributed by atoms with Crippen LogP contribution in [0.5, 0.6) is 0 Å². The van der Waals surface area contributed by atoms with Crippen LogP contribution in [0.25, 0.3) is 10.8 Å². The van der Waals surface area contributed by atoms with Gasteiger partial charge in [0.25, 0.3) is 11.8 Å². The Morgan fingerprint density at radius 2 is 1.49 bits per heavy atom. The number of hydrogen-bond acceptors (Lipinski definition) is 5. The van der Waals surface area contributed by atoms with Crippen molar-refractivity contribution >= 4 is 55.8 Å². The molecule has 0 radical (unpaired) electrons. The number of carbonyl (C=O) groups is 3. The normalized spacial score (nSPS) is 16.1. The molecule has 4 aromatic carbocycles. The molecule has 6 rings (SSSR count). The lowest BCUT2D eigenvalue weighted by Crippen LogP contribution is -2.48. The maximum Gasteiger partial charge on any atom is 0.261 e. The van der Waals surface area contributed by atoms with Gasteiger partial charge >= 0.3 is 0 Å². The number of piperidine rings is 1. The number of anilines is 1. The van der Waals surface area contributed by atoms with Crippen molar-refractivity contribution in [1.29, 1.82) is 0 Å². The largest absolute Gasteiger partial charge is 0.310 e. The van der Waals surface area contributed by atoms with Crippen LogP contribution in [0.15, 0.2) is 89.8 Å². The molecule has 0 atom stereocenters. The number of rotatable bonds is 7. The smallest absolute Gasteiger partial charge is 0.261 e. The summed E-state index contributed by atoms with van der Waals surface area (Å²) in [6.07, 6.45) is 0.517. The second-order valence-corrected chi connectivity index (χ2v) is 12.9. The van der Waals surface area contributed by atoms with Gasteiger partial charge in [-0.25, -0.2) is 12.8 Å². The molecule has 0 saturated carbocycles. The van der Waals surface area contributed by atoms with Crippen molar-refractivity contribution < 1.29 is 27.2 Å². The van der Waals surface area contributed by atoms with Crippen molar-refractivity contribution in [3.8, 4) is 0 Å². The molecule has 220 valence electrons. The molecule has 3 amide bonds. The van der Waals surface area contributed by atoms with Crippen LogP contribution in [-0.2, 0) is 14.8 Å². The molecule has 0 aromatic heterocycles. The Labute approximate surface area is 253 Å². The Bertz CT molecular complexity index is 1810. The monoisotopic (exact) mass is 619 g/mol. The predicted octanol–water partition coefficient (Wildman–Crippen LogP) is 5.36. The first kappa shape index (κ1) is 29.0. The summed E-state index contributed by atoms with van der Waals surface area (Å²) in [5.41, 5.74) is 1.11. The van der Waals surface area contributed by atoms with Gasteiger partial charge in [0.15, 0.2) is 0 Å². The van der Waals surface area contributed by atoms with Crippen LogP contribution < -0.4 is 4.90 Å². The van der Waals surface area contributed by atoms with Crippen molar-refractivity contribution in [3.63, 3.8) is 0 Å². The summed E-state index contributed by atoms with van der Waals surface area (Å²) < 4.78 is 41.9. The van der Waals surface area contributed by atoms with Crippen LogP contribution in [0.4, 0.5) is 10.1 Å². The summed E-state index contributed by atoms with van der Waals surface area (Å²) in [6.45, 7) is 0.0973. The molecule has 2 aliphatic heterocycles. The van der Waals surface area contributed by atoms with Gasteiger partial charge in [-0.1, -0.05) is 41.9 Å². The molecule has 1 fully saturated rings. The highest BCUT2D eigenvalue weighted by Crippen LogP contribution is 2.31. The van der Waals surface area contributed by atoms with E-state index in [0.29, 0.717) is 27.2 Å². The van der Waals surface area contributed by atoms with E-state index in [1.165, 1.54) is 51.7 Å². The van der Waals surface area contributed by atoms with Crippen LogP contribution in [0.1, 0.15) is 33.6 Å². The summed E-state index contributed by atoms with van der Waals surface area (Å²) in [5, 5.41) is 1.82. The Morgan fingerprint density at radius 1 is 0.884 bits per heavy atom. The molecule has 1 saturated heterocycles. The van der Waals surface area contributed by atoms with Crippen molar-refractivity contribution in [2.75, 3.05) is 31.1 Å². The third kappa shape index (κ3) is 5.42.